The first kappa shape index (κ1) is 32.3. The average molecular weight is 677 g/mol. The monoisotopic (exact) mass is 675 g/mol. The summed E-state index contributed by atoms with van der Waals surface area (Å²) in [6.07, 6.45) is 5.98. The zero-order valence-corrected chi connectivity index (χ0v) is 26.6. The molecule has 1 saturated carbocycles. The van der Waals surface area contributed by atoms with Crippen molar-refractivity contribution in [2.24, 2.45) is 11.8 Å². The summed E-state index contributed by atoms with van der Waals surface area (Å²) in [5.74, 6) is -3.26. The zero-order valence-electron chi connectivity index (χ0n) is 25.0. The molecule has 5 rings (SSSR count). The van der Waals surface area contributed by atoms with E-state index in [0.717, 1.165) is 47.5 Å². The number of aromatic nitrogens is 1. The number of nitrogens with zero attached hydrogens (tertiary/aromatic N) is 1. The predicted octanol–water partition coefficient (Wildman–Crippen LogP) is 3.96. The molecule has 1 aromatic heterocycles. The number of Topliss-reactive ketones (excluding diaryl/α,β-unsaturated/α-hetero) is 1. The van der Waals surface area contributed by atoms with E-state index < -0.39 is 41.5 Å². The largest absolute Gasteiger partial charge is 0.356 e. The Balaban J connectivity index is 1.33. The summed E-state index contributed by atoms with van der Waals surface area (Å²) in [6, 6.07) is 16.0. The topological polar surface area (TPSA) is 146 Å². The van der Waals surface area contributed by atoms with Crippen LogP contribution < -0.4 is 21.3 Å². The van der Waals surface area contributed by atoms with Gasteiger partial charge in [0.25, 0.3) is 11.8 Å². The Kier molecular flexibility index (Phi) is 10.9. The van der Waals surface area contributed by atoms with Gasteiger partial charge in [-0.25, -0.2) is 4.98 Å². The molecule has 2 heterocycles. The molecule has 10 nitrogen and oxygen atoms in total. The SMILES string of the molecule is O=C(NCc1ccccc1)C(=O)[C@H](C[C@@H]1CCNC1=O)NC(=O)[C@H](CC1CCCCC1)NC(=O)c1ccc2ccc(Br)cc2n1. The second kappa shape index (κ2) is 15.2. The lowest BCUT2D eigenvalue weighted by Gasteiger charge is -2.28. The molecule has 3 aromatic rings. The zero-order chi connectivity index (χ0) is 31.8. The van der Waals surface area contributed by atoms with Crippen LogP contribution in [0, 0.1) is 11.8 Å². The van der Waals surface area contributed by atoms with Crippen molar-refractivity contribution in [1.82, 2.24) is 26.3 Å². The van der Waals surface area contributed by atoms with Crippen molar-refractivity contribution in [2.45, 2.75) is 70.0 Å². The number of hydrogen-bond acceptors (Lipinski definition) is 6. The first-order valence-corrected chi connectivity index (χ1v) is 16.4. The average Bonchev–Trinajstić information content (AvgIpc) is 3.46. The molecule has 0 spiro atoms. The maximum absolute atomic E-state index is 13.9. The summed E-state index contributed by atoms with van der Waals surface area (Å²) in [4.78, 5) is 70.7. The first-order valence-electron chi connectivity index (χ1n) is 15.6. The molecule has 1 aliphatic carbocycles. The van der Waals surface area contributed by atoms with Gasteiger partial charge in [0, 0.05) is 28.9 Å². The fourth-order valence-electron chi connectivity index (χ4n) is 6.12. The van der Waals surface area contributed by atoms with Crippen LogP contribution in [0.5, 0.6) is 0 Å². The van der Waals surface area contributed by atoms with Gasteiger partial charge in [0.15, 0.2) is 0 Å². The quantitative estimate of drug-likeness (QED) is 0.214. The van der Waals surface area contributed by atoms with Crippen LogP contribution >= 0.6 is 15.9 Å². The summed E-state index contributed by atoms with van der Waals surface area (Å²) in [5.41, 5.74) is 1.62. The number of amides is 4. The molecule has 4 amide bonds. The lowest BCUT2D eigenvalue weighted by molar-refractivity contribution is -0.141. The predicted molar refractivity (Wildman–Crippen MR) is 173 cm³/mol. The van der Waals surface area contributed by atoms with E-state index in [1.54, 1.807) is 12.1 Å². The number of nitrogens with one attached hydrogen (secondary N) is 4. The standard InChI is InChI=1S/C34H38BrN5O5/c35-25-13-11-23-12-14-26(38-27(23)19-25)32(43)40-29(17-21-7-3-1-4-8-21)33(44)39-28(18-24-15-16-36-31(24)42)30(41)34(45)37-20-22-9-5-2-6-10-22/h2,5-6,9-14,19,21,24,28-29H,1,3-4,7-8,15-18,20H2,(H,36,42)(H,37,45)(H,39,44)(H,40,43)/t24-,28-,29-/m0/s1. The van der Waals surface area contributed by atoms with Gasteiger partial charge in [-0.05, 0) is 48.9 Å². The minimum Gasteiger partial charge on any atom is -0.356 e. The highest BCUT2D eigenvalue weighted by molar-refractivity contribution is 9.10. The van der Waals surface area contributed by atoms with Crippen molar-refractivity contribution < 1.29 is 24.0 Å². The molecule has 3 atom stereocenters. The van der Waals surface area contributed by atoms with E-state index in [4.69, 9.17) is 0 Å². The molecule has 0 bridgehead atoms. The lowest BCUT2D eigenvalue weighted by atomic mass is 9.84. The second-order valence-electron chi connectivity index (χ2n) is 11.9. The molecule has 1 aliphatic heterocycles. The molecule has 2 aromatic carbocycles. The number of hydrogen-bond donors (Lipinski definition) is 4. The Labute approximate surface area is 270 Å². The number of ketones is 1. The number of rotatable bonds is 12. The molecule has 0 unspecified atom stereocenters. The minimum atomic E-state index is -1.23. The molecule has 0 radical (unpaired) electrons. The second-order valence-corrected chi connectivity index (χ2v) is 12.8. The van der Waals surface area contributed by atoms with E-state index in [1.807, 2.05) is 48.5 Å². The van der Waals surface area contributed by atoms with E-state index in [9.17, 15) is 24.0 Å². The van der Waals surface area contributed by atoms with Gasteiger partial charge in [-0.3, -0.25) is 24.0 Å². The highest BCUT2D eigenvalue weighted by Crippen LogP contribution is 2.28. The Morgan fingerprint density at radius 2 is 1.64 bits per heavy atom. The van der Waals surface area contributed by atoms with Crippen molar-refractivity contribution in [3.05, 3.63) is 76.4 Å². The van der Waals surface area contributed by atoms with E-state index in [0.29, 0.717) is 24.9 Å². The fraction of sp³-hybridized carbons (Fsp3) is 0.412. The van der Waals surface area contributed by atoms with Crippen LogP contribution in [-0.4, -0.2) is 53.0 Å². The number of carbonyl (C=O) groups excluding carboxylic acids is 5. The molecule has 2 fully saturated rings. The van der Waals surface area contributed by atoms with Gasteiger partial charge >= 0.3 is 0 Å². The van der Waals surface area contributed by atoms with Gasteiger partial charge in [0.05, 0.1) is 11.6 Å². The minimum absolute atomic E-state index is 0.0135. The third-order valence-corrected chi connectivity index (χ3v) is 9.13. The van der Waals surface area contributed by atoms with Gasteiger partial charge in [0.2, 0.25) is 17.6 Å². The normalized spacial score (nSPS) is 18.1. The van der Waals surface area contributed by atoms with Crippen LogP contribution in [0.3, 0.4) is 0 Å². The Morgan fingerprint density at radius 1 is 0.889 bits per heavy atom. The van der Waals surface area contributed by atoms with Crippen LogP contribution in [0.1, 0.15) is 67.4 Å². The van der Waals surface area contributed by atoms with Crippen LogP contribution in [0.25, 0.3) is 10.9 Å². The third-order valence-electron chi connectivity index (χ3n) is 8.64. The molecule has 2 aliphatic rings. The van der Waals surface area contributed by atoms with Crippen molar-refractivity contribution in [3.63, 3.8) is 0 Å². The van der Waals surface area contributed by atoms with Gasteiger partial charge in [-0.2, -0.15) is 0 Å². The molecule has 45 heavy (non-hydrogen) atoms. The third kappa shape index (κ3) is 8.75. The molecular weight excluding hydrogens is 638 g/mol. The molecule has 236 valence electrons. The number of halogens is 1. The van der Waals surface area contributed by atoms with Crippen molar-refractivity contribution in [2.75, 3.05) is 6.54 Å². The molecule has 1 saturated heterocycles. The smallest absolute Gasteiger partial charge is 0.289 e. The number of pyridine rings is 1. The number of carbonyl (C=O) groups is 5. The van der Waals surface area contributed by atoms with Crippen molar-refractivity contribution >= 4 is 56.2 Å². The van der Waals surface area contributed by atoms with E-state index >= 15 is 0 Å². The highest BCUT2D eigenvalue weighted by atomic mass is 79.9. The van der Waals surface area contributed by atoms with E-state index in [2.05, 4.69) is 42.2 Å². The Morgan fingerprint density at radius 3 is 2.38 bits per heavy atom. The molecular formula is C34H38BrN5O5. The van der Waals surface area contributed by atoms with Gasteiger partial charge in [-0.1, -0.05) is 90.5 Å². The maximum atomic E-state index is 13.9. The van der Waals surface area contributed by atoms with Crippen LogP contribution in [0.2, 0.25) is 0 Å². The number of benzene rings is 2. The summed E-state index contributed by atoms with van der Waals surface area (Å²) in [7, 11) is 0. The van der Waals surface area contributed by atoms with Crippen LogP contribution in [0.4, 0.5) is 0 Å². The van der Waals surface area contributed by atoms with Crippen molar-refractivity contribution in [3.8, 4) is 0 Å². The Bertz CT molecular complexity index is 1560. The maximum Gasteiger partial charge on any atom is 0.289 e. The summed E-state index contributed by atoms with van der Waals surface area (Å²) >= 11 is 3.44. The van der Waals surface area contributed by atoms with Crippen molar-refractivity contribution in [1.29, 1.82) is 0 Å². The fourth-order valence-corrected chi connectivity index (χ4v) is 6.47. The van der Waals surface area contributed by atoms with E-state index in [-0.39, 0.29) is 30.5 Å². The van der Waals surface area contributed by atoms with Gasteiger partial charge in [0.1, 0.15) is 11.7 Å². The Hall–Kier alpha value is -4.12. The molecule has 11 heteroatoms. The lowest BCUT2D eigenvalue weighted by Crippen LogP contribution is -2.55. The van der Waals surface area contributed by atoms with E-state index in [1.165, 1.54) is 0 Å². The summed E-state index contributed by atoms with van der Waals surface area (Å²) < 4.78 is 0.828. The van der Waals surface area contributed by atoms with Gasteiger partial charge in [-0.15, -0.1) is 0 Å². The van der Waals surface area contributed by atoms with Gasteiger partial charge < -0.3 is 21.3 Å². The first-order chi connectivity index (χ1) is 21.8. The summed E-state index contributed by atoms with van der Waals surface area (Å²) in [5, 5.41) is 11.9. The highest BCUT2D eigenvalue weighted by Gasteiger charge is 2.36. The summed E-state index contributed by atoms with van der Waals surface area (Å²) in [6.45, 7) is 0.611. The molecule has 4 N–H and O–H groups in total. The van der Waals surface area contributed by atoms with Crippen LogP contribution in [-0.2, 0) is 25.7 Å². The number of fused-ring (bicyclic) bond motifs is 1. The van der Waals surface area contributed by atoms with Crippen LogP contribution in [0.15, 0.2) is 65.1 Å².